The fourth-order valence-corrected chi connectivity index (χ4v) is 9.08. The molecule has 3 saturated carbocycles. The largest absolute Gasteiger partial charge is 0.395 e. The molecular weight excluding hydrogens is 509 g/mol. The van der Waals surface area contributed by atoms with Gasteiger partial charge in [-0.25, -0.2) is 17.8 Å². The van der Waals surface area contributed by atoms with Gasteiger partial charge in [0, 0.05) is 18.7 Å². The number of aryl methyl sites for hydroxylation is 1. The molecule has 1 heterocycles. The number of imidazole rings is 1. The van der Waals surface area contributed by atoms with Crippen LogP contribution in [0.5, 0.6) is 0 Å². The van der Waals surface area contributed by atoms with E-state index in [0.29, 0.717) is 55.6 Å². The van der Waals surface area contributed by atoms with E-state index in [4.69, 9.17) is 11.6 Å². The number of aliphatic hydroxyl groups excluding tert-OH is 1. The maximum atomic E-state index is 13.5. The number of rotatable bonds is 7. The summed E-state index contributed by atoms with van der Waals surface area (Å²) >= 11 is 5.84. The number of nitrogens with zero attached hydrogens (tertiary/aromatic N) is 2. The van der Waals surface area contributed by atoms with Crippen molar-refractivity contribution in [1.29, 1.82) is 0 Å². The van der Waals surface area contributed by atoms with Crippen LogP contribution in [0.2, 0.25) is 5.02 Å². The molecule has 1 aromatic carbocycles. The van der Waals surface area contributed by atoms with Crippen molar-refractivity contribution in [3.8, 4) is 0 Å². The van der Waals surface area contributed by atoms with E-state index in [0.717, 1.165) is 6.42 Å². The van der Waals surface area contributed by atoms with Crippen LogP contribution in [0.15, 0.2) is 24.5 Å². The molecule has 3 fully saturated rings. The highest BCUT2D eigenvalue weighted by Gasteiger charge is 2.55. The fourth-order valence-electron chi connectivity index (χ4n) is 6.55. The van der Waals surface area contributed by atoms with Crippen molar-refractivity contribution in [3.63, 3.8) is 0 Å². The molecule has 0 bridgehead atoms. The number of benzene rings is 1. The van der Waals surface area contributed by atoms with Gasteiger partial charge in [0.25, 0.3) is 5.91 Å². The second-order valence-corrected chi connectivity index (χ2v) is 13.7. The highest BCUT2D eigenvalue weighted by atomic mass is 35.5. The number of aliphatic hydroxyl groups is 2. The van der Waals surface area contributed by atoms with Crippen LogP contribution >= 0.6 is 11.6 Å². The number of nitrogens with one attached hydrogen (secondary N) is 1. The summed E-state index contributed by atoms with van der Waals surface area (Å²) in [6, 6.07) is 3.98. The van der Waals surface area contributed by atoms with Crippen molar-refractivity contribution < 1.29 is 27.8 Å². The number of carbonyl (C=O) groups excluding carboxylic acids is 1. The number of halogens is 2. The highest BCUT2D eigenvalue weighted by Crippen LogP contribution is 2.55. The molecule has 2 unspecified atom stereocenters. The van der Waals surface area contributed by atoms with Gasteiger partial charge < -0.3 is 20.1 Å². The van der Waals surface area contributed by atoms with Gasteiger partial charge in [-0.3, -0.25) is 4.79 Å². The van der Waals surface area contributed by atoms with Crippen LogP contribution in [0.25, 0.3) is 0 Å². The molecule has 0 radical (unpaired) electrons. The predicted molar refractivity (Wildman–Crippen MR) is 133 cm³/mol. The lowest BCUT2D eigenvalue weighted by molar-refractivity contribution is 0.0595. The summed E-state index contributed by atoms with van der Waals surface area (Å²) in [5.74, 6) is -0.973. The third kappa shape index (κ3) is 4.36. The molecule has 0 saturated heterocycles. The van der Waals surface area contributed by atoms with Crippen molar-refractivity contribution in [2.24, 2.45) is 18.9 Å². The van der Waals surface area contributed by atoms with Gasteiger partial charge >= 0.3 is 0 Å². The summed E-state index contributed by atoms with van der Waals surface area (Å²) in [7, 11) is -1.89. The Hall–Kier alpha value is -2.01. The number of fused-ring (bicyclic) bond motifs is 1. The first-order valence-electron chi connectivity index (χ1n) is 12.3. The first-order chi connectivity index (χ1) is 17.0. The maximum Gasteiger partial charge on any atom is 0.274 e. The van der Waals surface area contributed by atoms with Crippen molar-refractivity contribution >= 4 is 33.0 Å². The van der Waals surface area contributed by atoms with E-state index in [2.05, 4.69) is 10.3 Å². The Bertz CT molecular complexity index is 1270. The molecule has 3 N–H and O–H groups in total. The summed E-state index contributed by atoms with van der Waals surface area (Å²) < 4.78 is 40.1. The predicted octanol–water partition coefficient (Wildman–Crippen LogP) is 3.43. The van der Waals surface area contributed by atoms with Gasteiger partial charge in [0.05, 0.1) is 39.8 Å². The van der Waals surface area contributed by atoms with E-state index in [1.807, 2.05) is 0 Å². The maximum absolute atomic E-state index is 13.5. The van der Waals surface area contributed by atoms with Crippen LogP contribution in [0.1, 0.15) is 67.0 Å². The summed E-state index contributed by atoms with van der Waals surface area (Å²) in [6.07, 6.45) is 5.45. The lowest BCUT2D eigenvalue weighted by Gasteiger charge is -2.41. The van der Waals surface area contributed by atoms with E-state index in [1.165, 1.54) is 18.2 Å². The molecule has 8 nitrogen and oxygen atoms in total. The lowest BCUT2D eigenvalue weighted by atomic mass is 9.85. The molecule has 11 heteroatoms. The van der Waals surface area contributed by atoms with Crippen molar-refractivity contribution in [2.45, 2.75) is 61.2 Å². The number of sulfone groups is 1. The van der Waals surface area contributed by atoms with E-state index in [-0.39, 0.29) is 34.4 Å². The zero-order valence-electron chi connectivity index (χ0n) is 20.1. The number of hydrogen-bond donors (Lipinski definition) is 3. The Labute approximate surface area is 214 Å². The molecule has 2 atom stereocenters. The van der Waals surface area contributed by atoms with Gasteiger partial charge in [-0.15, -0.1) is 0 Å². The summed E-state index contributed by atoms with van der Waals surface area (Å²) in [5, 5.41) is 23.6. The number of hydrogen-bond acceptors (Lipinski definition) is 6. The Kier molecular flexibility index (Phi) is 6.46. The van der Waals surface area contributed by atoms with Gasteiger partial charge in [0.1, 0.15) is 11.5 Å². The van der Waals surface area contributed by atoms with Crippen LogP contribution in [0.4, 0.5) is 10.1 Å². The first-order valence-corrected chi connectivity index (χ1v) is 14.3. The van der Waals surface area contributed by atoms with Crippen molar-refractivity contribution in [1.82, 2.24) is 9.55 Å². The number of aromatic nitrogens is 2. The van der Waals surface area contributed by atoms with Crippen LogP contribution in [0.3, 0.4) is 0 Å². The topological polar surface area (TPSA) is 122 Å². The molecule has 196 valence electrons. The second kappa shape index (κ2) is 9.08. The quantitative estimate of drug-likeness (QED) is 0.495. The van der Waals surface area contributed by atoms with Crippen molar-refractivity contribution in [3.05, 3.63) is 46.8 Å². The van der Waals surface area contributed by atoms with E-state index in [9.17, 15) is 27.8 Å². The smallest absolute Gasteiger partial charge is 0.274 e. The normalized spacial score (nSPS) is 29.1. The standard InChI is InChI=1S/C25H31ClFN3O5S/c1-30-14-28-21(22(30)23(32)29-18-3-4-20(27)19(26)9-18)15-7-16-10-24(33,11-17(16)8-15)13-36(34,35)25(12-31)5-2-6-25/h3-4,9,14-17,31,33H,2,5-8,10-13H2,1H3,(H,29,32). The minimum Gasteiger partial charge on any atom is -0.395 e. The molecule has 5 rings (SSSR count). The Morgan fingerprint density at radius 1 is 1.28 bits per heavy atom. The van der Waals surface area contributed by atoms with Gasteiger partial charge in [-0.2, -0.15) is 0 Å². The summed E-state index contributed by atoms with van der Waals surface area (Å²) in [4.78, 5) is 17.6. The van der Waals surface area contributed by atoms with Gasteiger partial charge in [-0.05, 0) is 68.6 Å². The zero-order chi connectivity index (χ0) is 25.9. The van der Waals surface area contributed by atoms with Crippen LogP contribution < -0.4 is 5.32 Å². The van der Waals surface area contributed by atoms with Gasteiger partial charge in [-0.1, -0.05) is 18.0 Å². The average Bonchev–Trinajstić information content (AvgIpc) is 3.40. The average molecular weight is 540 g/mol. The van der Waals surface area contributed by atoms with Crippen LogP contribution in [-0.4, -0.2) is 56.8 Å². The fraction of sp³-hybridized carbons (Fsp3) is 0.600. The molecule has 1 aromatic heterocycles. The van der Waals surface area contributed by atoms with E-state index in [1.54, 1.807) is 17.9 Å². The first kappa shape index (κ1) is 25.6. The van der Waals surface area contributed by atoms with Crippen LogP contribution in [-0.2, 0) is 16.9 Å². The van der Waals surface area contributed by atoms with E-state index >= 15 is 0 Å². The van der Waals surface area contributed by atoms with Gasteiger partial charge in [0.2, 0.25) is 0 Å². The number of amides is 1. The molecule has 3 aliphatic rings. The molecular formula is C25H31ClFN3O5S. The van der Waals surface area contributed by atoms with E-state index < -0.39 is 32.6 Å². The molecule has 2 aromatic rings. The Morgan fingerprint density at radius 2 is 1.94 bits per heavy atom. The molecule has 3 aliphatic carbocycles. The minimum absolute atomic E-state index is 0.00956. The third-order valence-electron chi connectivity index (χ3n) is 8.54. The Morgan fingerprint density at radius 3 is 2.50 bits per heavy atom. The molecule has 1 amide bonds. The minimum atomic E-state index is -3.63. The Balaban J connectivity index is 1.27. The summed E-state index contributed by atoms with van der Waals surface area (Å²) in [5.41, 5.74) is 0.166. The number of anilines is 1. The SMILES string of the molecule is Cn1cnc(C2CC3CC(O)(CS(=O)(=O)C4(CO)CCC4)CC3C2)c1C(=O)Nc1ccc(F)c(Cl)c1. The monoisotopic (exact) mass is 539 g/mol. The molecule has 0 spiro atoms. The summed E-state index contributed by atoms with van der Waals surface area (Å²) in [6.45, 7) is -0.394. The van der Waals surface area contributed by atoms with Crippen molar-refractivity contribution in [2.75, 3.05) is 17.7 Å². The number of carbonyl (C=O) groups is 1. The van der Waals surface area contributed by atoms with Gasteiger partial charge in [0.15, 0.2) is 9.84 Å². The highest BCUT2D eigenvalue weighted by molar-refractivity contribution is 7.93. The molecule has 0 aliphatic heterocycles. The van der Waals surface area contributed by atoms with Crippen LogP contribution in [0, 0.1) is 17.7 Å². The molecule has 36 heavy (non-hydrogen) atoms. The lowest BCUT2D eigenvalue weighted by Crippen LogP contribution is -2.53. The zero-order valence-corrected chi connectivity index (χ0v) is 21.7. The second-order valence-electron chi connectivity index (χ2n) is 10.9. The third-order valence-corrected chi connectivity index (χ3v) is 11.6.